The molecule has 1 fully saturated rings. The average molecular weight is 855 g/mol. The van der Waals surface area contributed by atoms with Gasteiger partial charge >= 0.3 is 0 Å². The zero-order valence-corrected chi connectivity index (χ0v) is 35.8. The van der Waals surface area contributed by atoms with Gasteiger partial charge in [0.2, 0.25) is 18.7 Å². The van der Waals surface area contributed by atoms with Crippen LogP contribution >= 0.6 is 0 Å². The zero-order chi connectivity index (χ0) is 45.1. The molecule has 3 aromatic carbocycles. The van der Waals surface area contributed by atoms with Crippen molar-refractivity contribution >= 4 is 47.5 Å². The molecule has 0 aliphatic carbocycles. The van der Waals surface area contributed by atoms with E-state index in [1.807, 2.05) is 45.6 Å². The fourth-order valence-corrected chi connectivity index (χ4v) is 7.29. The first-order valence-corrected chi connectivity index (χ1v) is 20.5. The van der Waals surface area contributed by atoms with Gasteiger partial charge in [0.1, 0.15) is 41.2 Å². The zero-order valence-electron chi connectivity index (χ0n) is 35.8. The summed E-state index contributed by atoms with van der Waals surface area (Å²) in [7, 11) is 1.46. The lowest BCUT2D eigenvalue weighted by Crippen LogP contribution is -2.46. The van der Waals surface area contributed by atoms with E-state index in [0.29, 0.717) is 79.3 Å². The molecule has 1 saturated heterocycles. The van der Waals surface area contributed by atoms with Crippen molar-refractivity contribution in [1.82, 2.24) is 30.5 Å². The lowest BCUT2D eigenvalue weighted by molar-refractivity contribution is -0.133. The number of aromatic hydroxyl groups is 2. The van der Waals surface area contributed by atoms with E-state index < -0.39 is 30.0 Å². The summed E-state index contributed by atoms with van der Waals surface area (Å²) in [4.78, 5) is 64.8. The van der Waals surface area contributed by atoms with E-state index in [0.717, 1.165) is 5.56 Å². The number of nitrogens with zero attached hydrogens (tertiary/aromatic N) is 7. The number of anilines is 3. The number of amidine groups is 1. The molecule has 2 aliphatic heterocycles. The summed E-state index contributed by atoms with van der Waals surface area (Å²) in [5.41, 5.74) is 6.09. The van der Waals surface area contributed by atoms with E-state index >= 15 is 4.39 Å². The fourth-order valence-electron chi connectivity index (χ4n) is 7.29. The normalized spacial score (nSPS) is 15.5. The number of carbonyl (C=O) groups excluding carboxylic acids is 4. The number of hydrazone groups is 1. The molecule has 0 spiro atoms. The lowest BCUT2D eigenvalue weighted by atomic mass is 9.98. The van der Waals surface area contributed by atoms with Gasteiger partial charge in [0.15, 0.2) is 5.84 Å². The van der Waals surface area contributed by atoms with Crippen LogP contribution in [0.2, 0.25) is 0 Å². The Morgan fingerprint density at radius 1 is 1.02 bits per heavy atom. The largest absolute Gasteiger partial charge is 0.508 e. The van der Waals surface area contributed by atoms with Crippen molar-refractivity contribution in [3.05, 3.63) is 100 Å². The van der Waals surface area contributed by atoms with E-state index in [1.165, 1.54) is 41.4 Å². The molecule has 4 aromatic rings. The predicted octanol–water partition coefficient (Wildman–Crippen LogP) is 4.16. The summed E-state index contributed by atoms with van der Waals surface area (Å²) in [6.45, 7) is 12.3. The minimum absolute atomic E-state index is 0.0153. The van der Waals surface area contributed by atoms with Gasteiger partial charge in [-0.2, -0.15) is 5.10 Å². The van der Waals surface area contributed by atoms with Crippen molar-refractivity contribution in [3.63, 3.8) is 0 Å². The minimum Gasteiger partial charge on any atom is -0.508 e. The van der Waals surface area contributed by atoms with Gasteiger partial charge in [-0.05, 0) is 60.2 Å². The van der Waals surface area contributed by atoms with Crippen LogP contribution in [0.15, 0.2) is 66.0 Å². The molecular formula is C44H55FN10O7. The van der Waals surface area contributed by atoms with E-state index in [9.17, 15) is 34.5 Å². The number of hydrogen-bond donors (Lipinski definition) is 6. The molecule has 3 amide bonds. The quantitative estimate of drug-likeness (QED) is 0.0875. The molecule has 2 atom stereocenters. The molecule has 2 unspecified atom stereocenters. The molecule has 62 heavy (non-hydrogen) atoms. The van der Waals surface area contributed by atoms with E-state index in [2.05, 4.69) is 36.0 Å². The highest BCUT2D eigenvalue weighted by Gasteiger charge is 2.32. The highest BCUT2D eigenvalue weighted by molar-refractivity contribution is 6.12. The van der Waals surface area contributed by atoms with Gasteiger partial charge in [-0.15, -0.1) is 0 Å². The van der Waals surface area contributed by atoms with Crippen LogP contribution in [0.4, 0.5) is 21.6 Å². The first-order valence-electron chi connectivity index (χ1n) is 20.5. The summed E-state index contributed by atoms with van der Waals surface area (Å²) < 4.78 is 15.6. The van der Waals surface area contributed by atoms with Crippen molar-refractivity contribution in [3.8, 4) is 11.5 Å². The Kier molecular flexibility index (Phi) is 15.9. The van der Waals surface area contributed by atoms with Gasteiger partial charge in [-0.25, -0.2) is 14.4 Å². The molecule has 17 nitrogen and oxygen atoms in total. The third kappa shape index (κ3) is 10.6. The van der Waals surface area contributed by atoms with Crippen LogP contribution in [-0.4, -0.2) is 111 Å². The number of aromatic nitrogens is 2. The maximum absolute atomic E-state index is 15.6. The molecular weight excluding hydrogens is 800 g/mol. The first kappa shape index (κ1) is 46.4. The molecule has 1 aromatic heterocycles. The molecule has 18 heteroatoms. The molecule has 0 saturated carbocycles. The van der Waals surface area contributed by atoms with Gasteiger partial charge in [0, 0.05) is 75.7 Å². The van der Waals surface area contributed by atoms with Crippen molar-refractivity contribution in [2.75, 3.05) is 48.3 Å². The fraction of sp³-hybridized carbons (Fsp3) is 0.386. The number of nitrogens with one attached hydrogen (secondary N) is 3. The number of likely N-dealkylation sites (N-methyl/N-ethyl adjacent to an activating group) is 1. The summed E-state index contributed by atoms with van der Waals surface area (Å²) in [5, 5.41) is 41.3. The molecule has 6 N–H and O–H groups in total. The van der Waals surface area contributed by atoms with Gasteiger partial charge in [0.05, 0.1) is 18.0 Å². The van der Waals surface area contributed by atoms with Crippen LogP contribution in [0.1, 0.15) is 84.8 Å². The average Bonchev–Trinajstić information content (AvgIpc) is 3.66. The van der Waals surface area contributed by atoms with Crippen molar-refractivity contribution in [2.24, 2.45) is 5.10 Å². The lowest BCUT2D eigenvalue weighted by Gasteiger charge is -2.35. The number of carbonyl (C=O) groups is 4. The SMILES string of the molecule is CC.CNC(=O)C(CCC=O)N(C=O)Cc1c(C)cccc1NC(=O)c1cnc(N2CCN(Cc3ccc(N4C(c5cc(C(C)C)c(O)cc5O)=NNC4O)cc3F)CC2)cn1. The second-order valence-corrected chi connectivity index (χ2v) is 14.9. The van der Waals surface area contributed by atoms with Crippen molar-refractivity contribution in [1.29, 1.82) is 0 Å². The third-order valence-corrected chi connectivity index (χ3v) is 10.7. The number of phenolic OH excluding ortho intramolecular Hbond substituents is 2. The summed E-state index contributed by atoms with van der Waals surface area (Å²) in [5.74, 6) is -1.01. The van der Waals surface area contributed by atoms with Crippen LogP contribution in [-0.2, 0) is 27.5 Å². The van der Waals surface area contributed by atoms with Crippen molar-refractivity contribution < 1.29 is 38.9 Å². The Balaban J connectivity index is 0.00000358. The number of amides is 3. The number of aliphatic hydroxyl groups is 1. The first-order chi connectivity index (χ1) is 29.8. The molecule has 6 rings (SSSR count). The molecule has 330 valence electrons. The van der Waals surface area contributed by atoms with E-state index in [-0.39, 0.29) is 53.9 Å². The predicted molar refractivity (Wildman–Crippen MR) is 233 cm³/mol. The smallest absolute Gasteiger partial charge is 0.275 e. The summed E-state index contributed by atoms with van der Waals surface area (Å²) >= 11 is 0. The minimum atomic E-state index is -1.32. The van der Waals surface area contributed by atoms with E-state index in [4.69, 9.17) is 0 Å². The Labute approximate surface area is 360 Å². The number of aryl methyl sites for hydroxylation is 1. The molecule has 3 heterocycles. The van der Waals surface area contributed by atoms with Crippen LogP contribution in [0.3, 0.4) is 0 Å². The Bertz CT molecular complexity index is 2250. The second-order valence-electron chi connectivity index (χ2n) is 14.9. The number of aliphatic hydroxyl groups excluding tert-OH is 1. The number of hydrogen-bond acceptors (Lipinski definition) is 14. The Hall–Kier alpha value is -6.66. The maximum atomic E-state index is 15.6. The topological polar surface area (TPSA) is 216 Å². The standard InChI is InChI=1S/C42H49FN10O7.C2H6/c1-25(2)29-18-30(37(57)19-36(29)56)39-48-49-42(60)53(39)28-11-10-27(32(43)17-28)22-50-12-14-51(15-13-50)38-21-45-34(20-46-38)40(58)47-33-8-5-7-26(3)31(33)23-52(24-55)35(9-6-16-54)41(59)44-4;1-2/h5,7-8,10-11,16-21,24-25,35,42,49,56-57,60H,6,9,12-15,22-23H2,1-4H3,(H,44,59)(H,47,58);1-2H3. The van der Waals surface area contributed by atoms with Gasteiger partial charge in [-0.1, -0.05) is 45.9 Å². The summed E-state index contributed by atoms with van der Waals surface area (Å²) in [6, 6.07) is 11.9. The second kappa shape index (κ2) is 21.2. The Morgan fingerprint density at radius 3 is 2.39 bits per heavy atom. The summed E-state index contributed by atoms with van der Waals surface area (Å²) in [6.07, 6.45) is 3.10. The van der Waals surface area contributed by atoms with E-state index in [1.54, 1.807) is 30.3 Å². The third-order valence-electron chi connectivity index (χ3n) is 10.7. The number of aldehydes is 1. The Morgan fingerprint density at radius 2 is 1.76 bits per heavy atom. The maximum Gasteiger partial charge on any atom is 0.275 e. The monoisotopic (exact) mass is 854 g/mol. The van der Waals surface area contributed by atoms with Crippen LogP contribution in [0, 0.1) is 12.7 Å². The molecule has 0 radical (unpaired) electrons. The number of piperazine rings is 1. The number of benzene rings is 3. The van der Waals surface area contributed by atoms with Crippen LogP contribution in [0.5, 0.6) is 11.5 Å². The van der Waals surface area contributed by atoms with Gasteiger partial charge in [0.25, 0.3) is 5.91 Å². The van der Waals surface area contributed by atoms with Gasteiger partial charge in [-0.3, -0.25) is 29.6 Å². The highest BCUT2D eigenvalue weighted by atomic mass is 19.1. The van der Waals surface area contributed by atoms with Crippen LogP contribution in [0.25, 0.3) is 0 Å². The number of phenols is 2. The molecule has 2 aliphatic rings. The van der Waals surface area contributed by atoms with Crippen LogP contribution < -0.4 is 25.9 Å². The molecule has 0 bridgehead atoms. The number of rotatable bonds is 16. The van der Waals surface area contributed by atoms with Crippen molar-refractivity contribution in [2.45, 2.75) is 78.9 Å². The van der Waals surface area contributed by atoms with Gasteiger partial charge < -0.3 is 40.5 Å². The number of halogens is 1. The highest BCUT2D eigenvalue weighted by Crippen LogP contribution is 2.35.